The van der Waals surface area contributed by atoms with Crippen molar-refractivity contribution in [2.45, 2.75) is 43.7 Å². The van der Waals surface area contributed by atoms with E-state index >= 15 is 0 Å². The molecule has 0 atom stereocenters. The summed E-state index contributed by atoms with van der Waals surface area (Å²) in [5.74, 6) is 0. The Morgan fingerprint density at radius 3 is 2.06 bits per heavy atom. The average Bonchev–Trinajstić information content (AvgIpc) is 2.86. The molecule has 0 aliphatic carbocycles. The maximum Gasteiger partial charge on any atom is 0.204 e. The predicted molar refractivity (Wildman–Crippen MR) is 138 cm³/mol. The lowest BCUT2D eigenvalue weighted by Crippen LogP contribution is -2.29. The molecule has 1 amide bonds. The van der Waals surface area contributed by atoms with E-state index in [1.807, 2.05) is 11.9 Å². The van der Waals surface area contributed by atoms with Crippen LogP contribution in [0.25, 0.3) is 11.1 Å². The molecule has 172 valence electrons. The molecule has 2 N–H and O–H groups in total. The average molecular weight is 460 g/mol. The van der Waals surface area contributed by atoms with Gasteiger partial charge in [0.25, 0.3) is 0 Å². The molecule has 5 rings (SSSR count). The van der Waals surface area contributed by atoms with E-state index in [-0.39, 0.29) is 6.41 Å². The summed E-state index contributed by atoms with van der Waals surface area (Å²) in [4.78, 5) is 12.5. The van der Waals surface area contributed by atoms with Crippen molar-refractivity contribution in [2.75, 3.05) is 19.6 Å². The number of amides is 1. The van der Waals surface area contributed by atoms with Crippen LogP contribution in [0.1, 0.15) is 36.0 Å². The second-order valence-electron chi connectivity index (χ2n) is 8.67. The van der Waals surface area contributed by atoms with Crippen molar-refractivity contribution in [3.05, 3.63) is 89.5 Å². The first-order valence-corrected chi connectivity index (χ1v) is 12.6. The molecule has 5 heteroatoms. The van der Waals surface area contributed by atoms with Gasteiger partial charge < -0.3 is 5.73 Å². The Kier molecular flexibility index (Phi) is 8.59. The zero-order chi connectivity index (χ0) is 22.9. The van der Waals surface area contributed by atoms with Crippen LogP contribution in [0.5, 0.6) is 0 Å². The Bertz CT molecular complexity index is 1010. The highest BCUT2D eigenvalue weighted by Crippen LogP contribution is 2.29. The van der Waals surface area contributed by atoms with Crippen molar-refractivity contribution in [2.24, 2.45) is 5.73 Å². The van der Waals surface area contributed by atoms with Crippen LogP contribution in [0.2, 0.25) is 0 Å². The number of benzene rings is 3. The summed E-state index contributed by atoms with van der Waals surface area (Å²) in [5.41, 5.74) is 11.2. The Morgan fingerprint density at radius 2 is 1.39 bits per heavy atom. The van der Waals surface area contributed by atoms with Crippen LogP contribution in [-0.4, -0.2) is 35.2 Å². The molecule has 3 aromatic rings. The second kappa shape index (κ2) is 12.0. The van der Waals surface area contributed by atoms with Gasteiger partial charge in [-0.2, -0.15) is 0 Å². The van der Waals surface area contributed by atoms with Gasteiger partial charge in [-0.05, 0) is 71.2 Å². The Morgan fingerprint density at radius 1 is 0.788 bits per heavy atom. The summed E-state index contributed by atoms with van der Waals surface area (Å²) in [7, 11) is 0. The third kappa shape index (κ3) is 6.70. The number of hydrogen-bond donors (Lipinski definition) is 1. The number of fused-ring (bicyclic) bond motifs is 1. The van der Waals surface area contributed by atoms with Crippen LogP contribution < -0.4 is 5.73 Å². The van der Waals surface area contributed by atoms with Gasteiger partial charge in [-0.1, -0.05) is 67.1 Å². The lowest BCUT2D eigenvalue weighted by atomic mass is 9.99. The molecule has 0 radical (unpaired) electrons. The summed E-state index contributed by atoms with van der Waals surface area (Å²) < 4.78 is 2.51. The van der Waals surface area contributed by atoms with Crippen LogP contribution in [0.3, 0.4) is 0 Å². The van der Waals surface area contributed by atoms with Crippen LogP contribution in [0.4, 0.5) is 0 Å². The largest absolute Gasteiger partial charge is 0.372 e. The molecule has 2 aliphatic heterocycles. The molecule has 2 aliphatic rings. The van der Waals surface area contributed by atoms with Gasteiger partial charge in [0, 0.05) is 37.6 Å². The van der Waals surface area contributed by atoms with Gasteiger partial charge in [-0.15, -0.1) is 0 Å². The molecule has 0 unspecified atom stereocenters. The van der Waals surface area contributed by atoms with E-state index in [1.54, 1.807) is 0 Å². The van der Waals surface area contributed by atoms with Crippen LogP contribution in [-0.2, 0) is 24.3 Å². The minimum absolute atomic E-state index is 0.250. The Hall–Kier alpha value is -2.60. The second-order valence-corrected chi connectivity index (χ2v) is 9.84. The normalized spacial score (nSPS) is 16.4. The van der Waals surface area contributed by atoms with Crippen molar-refractivity contribution < 1.29 is 4.79 Å². The highest BCUT2D eigenvalue weighted by atomic mass is 32.2. The molecular weight excluding hydrogens is 426 g/mol. The first-order valence-electron chi connectivity index (χ1n) is 11.8. The van der Waals surface area contributed by atoms with E-state index in [2.05, 4.69) is 87.7 Å². The van der Waals surface area contributed by atoms with E-state index in [1.165, 1.54) is 65.1 Å². The Labute approximate surface area is 201 Å². The fourth-order valence-electron chi connectivity index (χ4n) is 4.56. The molecule has 33 heavy (non-hydrogen) atoms. The fraction of sp³-hybridized carbons (Fsp3) is 0.321. The molecule has 0 aromatic heterocycles. The third-order valence-corrected chi connectivity index (χ3v) is 7.41. The number of hydrogen-bond acceptors (Lipinski definition) is 4. The van der Waals surface area contributed by atoms with E-state index in [0.717, 1.165) is 26.1 Å². The third-order valence-electron chi connectivity index (χ3n) is 6.31. The summed E-state index contributed by atoms with van der Waals surface area (Å²) in [6.45, 7) is 5.68. The molecule has 0 saturated carbocycles. The van der Waals surface area contributed by atoms with Gasteiger partial charge in [-0.3, -0.25) is 9.69 Å². The maximum atomic E-state index is 8.58. The van der Waals surface area contributed by atoms with Crippen molar-refractivity contribution in [3.63, 3.8) is 0 Å². The van der Waals surface area contributed by atoms with E-state index < -0.39 is 0 Å². The van der Waals surface area contributed by atoms with Gasteiger partial charge in [0.2, 0.25) is 6.41 Å². The van der Waals surface area contributed by atoms with Gasteiger partial charge in [0.1, 0.15) is 0 Å². The van der Waals surface area contributed by atoms with Gasteiger partial charge in [0.15, 0.2) is 0 Å². The minimum Gasteiger partial charge on any atom is -0.372 e. The van der Waals surface area contributed by atoms with Crippen LogP contribution >= 0.6 is 11.9 Å². The van der Waals surface area contributed by atoms with Gasteiger partial charge in [0.05, 0.1) is 0 Å². The van der Waals surface area contributed by atoms with Gasteiger partial charge >= 0.3 is 0 Å². The Balaban J connectivity index is 0.000000821. The number of piperidine rings is 1. The number of rotatable bonds is 5. The lowest BCUT2D eigenvalue weighted by molar-refractivity contribution is -0.106. The SMILES string of the molecule is NC=O.c1ccc2c(c1)CCN(Cc1ccc(-c3ccc(SN4CCCCC4)cc3)cc1)C2. The van der Waals surface area contributed by atoms with Crippen LogP contribution in [0, 0.1) is 0 Å². The quantitative estimate of drug-likeness (QED) is 0.404. The van der Waals surface area contributed by atoms with Crippen molar-refractivity contribution in [3.8, 4) is 11.1 Å². The van der Waals surface area contributed by atoms with Crippen molar-refractivity contribution in [1.29, 1.82) is 0 Å². The van der Waals surface area contributed by atoms with Crippen molar-refractivity contribution in [1.82, 2.24) is 9.21 Å². The first-order chi connectivity index (χ1) is 16.2. The molecular formula is C28H33N3OS. The molecule has 0 spiro atoms. The number of carbonyl (C=O) groups excluding carboxylic acids is 1. The zero-order valence-corrected chi connectivity index (χ0v) is 20.0. The summed E-state index contributed by atoms with van der Waals surface area (Å²) >= 11 is 1.91. The van der Waals surface area contributed by atoms with E-state index in [9.17, 15) is 0 Å². The summed E-state index contributed by atoms with van der Waals surface area (Å²) in [6.07, 6.45) is 5.47. The highest BCUT2D eigenvalue weighted by molar-refractivity contribution is 7.97. The molecule has 3 aromatic carbocycles. The summed E-state index contributed by atoms with van der Waals surface area (Å²) in [5, 5.41) is 0. The number of nitrogens with zero attached hydrogens (tertiary/aromatic N) is 2. The number of carbonyl (C=O) groups is 1. The standard InChI is InChI=1S/C27H30N2S.CH3NO/c1-4-17-29(18-5-1)30-27-14-12-25(13-15-27)24-10-8-22(9-11-24)20-28-19-16-23-6-2-3-7-26(23)21-28;2-1-3/h2-3,6-15H,1,4-5,16-21H2;1H,(H2,2,3). The highest BCUT2D eigenvalue weighted by Gasteiger charge is 2.16. The van der Waals surface area contributed by atoms with Crippen LogP contribution in [0.15, 0.2) is 77.7 Å². The van der Waals surface area contributed by atoms with Crippen molar-refractivity contribution >= 4 is 18.4 Å². The number of nitrogens with two attached hydrogens (primary N) is 1. The van der Waals surface area contributed by atoms with Gasteiger partial charge in [-0.25, -0.2) is 4.31 Å². The van der Waals surface area contributed by atoms with E-state index in [0.29, 0.717) is 0 Å². The first kappa shape index (κ1) is 23.6. The smallest absolute Gasteiger partial charge is 0.204 e. The molecule has 2 heterocycles. The monoisotopic (exact) mass is 459 g/mol. The molecule has 0 bridgehead atoms. The lowest BCUT2D eigenvalue weighted by Gasteiger charge is -2.28. The maximum absolute atomic E-state index is 8.58. The number of primary amides is 1. The summed E-state index contributed by atoms with van der Waals surface area (Å²) in [6, 6.07) is 27.1. The predicted octanol–water partition coefficient (Wildman–Crippen LogP) is 5.51. The molecule has 1 fully saturated rings. The minimum atomic E-state index is 0.250. The molecule has 4 nitrogen and oxygen atoms in total. The molecule has 1 saturated heterocycles. The van der Waals surface area contributed by atoms with E-state index in [4.69, 9.17) is 4.79 Å². The topological polar surface area (TPSA) is 49.6 Å². The fourth-order valence-corrected chi connectivity index (χ4v) is 5.56. The zero-order valence-electron chi connectivity index (χ0n) is 19.2.